The van der Waals surface area contributed by atoms with Gasteiger partial charge in [-0.3, -0.25) is 13.3 Å². The highest BCUT2D eigenvalue weighted by molar-refractivity contribution is 14.1. The number of nitrogens with two attached hydrogens (primary N) is 1. The summed E-state index contributed by atoms with van der Waals surface area (Å²) in [5.74, 6) is -0.380. The Balaban J connectivity index is 0.00000136. The average molecular weight is 501 g/mol. The Labute approximate surface area is 177 Å². The lowest BCUT2D eigenvalue weighted by Crippen LogP contribution is -2.42. The summed E-state index contributed by atoms with van der Waals surface area (Å²) < 4.78 is 22.5. The van der Waals surface area contributed by atoms with Crippen molar-refractivity contribution in [3.8, 4) is 5.75 Å². The first-order chi connectivity index (χ1) is 13.4. The number of aromatic nitrogens is 2. The molecule has 9 heteroatoms. The van der Waals surface area contributed by atoms with E-state index in [1.807, 2.05) is 44.2 Å². The summed E-state index contributed by atoms with van der Waals surface area (Å²) in [5.41, 5.74) is -0.410. The van der Waals surface area contributed by atoms with Crippen molar-refractivity contribution >= 4 is 28.8 Å². The maximum Gasteiger partial charge on any atom is 0.361 e. The van der Waals surface area contributed by atoms with Gasteiger partial charge in [0.1, 0.15) is 18.0 Å². The van der Waals surface area contributed by atoms with Crippen LogP contribution in [0.1, 0.15) is 42.6 Å². The van der Waals surface area contributed by atoms with Crippen LogP contribution in [0.5, 0.6) is 5.75 Å². The molecule has 1 aliphatic rings. The number of carbonyl (C=O) groups excluding carboxylic acids is 1. The zero-order valence-corrected chi connectivity index (χ0v) is 18.3. The Kier molecular flexibility index (Phi) is 7.96. The van der Waals surface area contributed by atoms with Crippen molar-refractivity contribution in [1.29, 1.82) is 0 Å². The van der Waals surface area contributed by atoms with Gasteiger partial charge in [0.05, 0.1) is 19.8 Å². The minimum Gasteiger partial charge on any atom is -0.481 e. The van der Waals surface area contributed by atoms with Crippen LogP contribution >= 0.6 is 22.9 Å². The summed E-state index contributed by atoms with van der Waals surface area (Å²) >= 11 is 1.65. The van der Waals surface area contributed by atoms with E-state index in [0.29, 0.717) is 19.0 Å². The smallest absolute Gasteiger partial charge is 0.361 e. The lowest BCUT2D eigenvalue weighted by Gasteiger charge is -2.32. The minimum atomic E-state index is -0.781. The van der Waals surface area contributed by atoms with E-state index < -0.39 is 17.1 Å². The first-order valence-corrected chi connectivity index (χ1v) is 10.0. The highest BCUT2D eigenvalue weighted by atomic mass is 127. The summed E-state index contributed by atoms with van der Waals surface area (Å²) in [5, 5.41) is 0. The van der Waals surface area contributed by atoms with Crippen LogP contribution in [0.25, 0.3) is 0 Å². The number of hydrogen-bond acceptors (Lipinski definition) is 7. The molecule has 0 atom stereocenters. The molecule has 2 N–H and O–H groups in total. The van der Waals surface area contributed by atoms with Crippen LogP contribution in [0.4, 0.5) is 0 Å². The second kappa shape index (κ2) is 9.99. The van der Waals surface area contributed by atoms with Crippen molar-refractivity contribution in [2.24, 2.45) is 3.95 Å². The Morgan fingerprint density at radius 3 is 2.64 bits per heavy atom. The maximum atomic E-state index is 13.0. The number of ether oxygens (including phenoxy) is 3. The molecule has 3 rings (SSSR count). The van der Waals surface area contributed by atoms with Crippen LogP contribution in [-0.2, 0) is 28.2 Å². The first kappa shape index (κ1) is 22.3. The van der Waals surface area contributed by atoms with E-state index in [0.717, 1.165) is 5.56 Å². The van der Waals surface area contributed by atoms with E-state index in [9.17, 15) is 9.59 Å². The van der Waals surface area contributed by atoms with Crippen LogP contribution in [0.15, 0.2) is 35.1 Å². The van der Waals surface area contributed by atoms with Crippen molar-refractivity contribution in [3.05, 3.63) is 57.8 Å². The van der Waals surface area contributed by atoms with E-state index >= 15 is 0 Å². The zero-order valence-electron chi connectivity index (χ0n) is 16.1. The van der Waals surface area contributed by atoms with E-state index in [2.05, 4.69) is 8.93 Å². The monoisotopic (exact) mass is 501 g/mol. The molecule has 0 fully saturated rings. The third-order valence-corrected chi connectivity index (χ3v) is 4.14. The van der Waals surface area contributed by atoms with Crippen molar-refractivity contribution in [2.75, 3.05) is 13.2 Å². The minimum absolute atomic E-state index is 0.0891. The molecule has 0 spiro atoms. The molecule has 2 aromatic rings. The maximum absolute atomic E-state index is 13.0. The highest BCUT2D eigenvalue weighted by Gasteiger charge is 2.35. The summed E-state index contributed by atoms with van der Waals surface area (Å²) in [6, 6.07) is 9.41. The standard InChI is InChI=1S/C19H22N2O5.H2IN/c1-4-24-17(23)14-15(25-12-13-8-6-5-7-9-13)16(22)21-10-11-26-19(2,3)18(21)20-14;1-2/h5-9H,4,10-12H2,1-3H3;2H2. The number of rotatable bonds is 5. The van der Waals surface area contributed by atoms with Crippen LogP contribution < -0.4 is 14.2 Å². The molecule has 0 aliphatic carbocycles. The number of carbonyl (C=O) groups is 1. The van der Waals surface area contributed by atoms with Crippen molar-refractivity contribution < 1.29 is 19.0 Å². The molecule has 0 bridgehead atoms. The second-order valence-corrected chi connectivity index (χ2v) is 6.42. The molecule has 8 nitrogen and oxygen atoms in total. The number of hydrogen-bond donors (Lipinski definition) is 1. The summed E-state index contributed by atoms with van der Waals surface area (Å²) in [4.78, 5) is 29.8. The van der Waals surface area contributed by atoms with Gasteiger partial charge in [0.15, 0.2) is 5.69 Å². The lowest BCUT2D eigenvalue weighted by atomic mass is 10.1. The molecule has 0 saturated heterocycles. The van der Waals surface area contributed by atoms with Crippen molar-refractivity contribution in [1.82, 2.24) is 9.55 Å². The molecule has 2 heterocycles. The van der Waals surface area contributed by atoms with Gasteiger partial charge in [0.2, 0.25) is 5.75 Å². The predicted octanol–water partition coefficient (Wildman–Crippen LogP) is 2.56. The van der Waals surface area contributed by atoms with Gasteiger partial charge >= 0.3 is 5.97 Å². The number of nitrogens with zero attached hydrogens (tertiary/aromatic N) is 2. The van der Waals surface area contributed by atoms with Gasteiger partial charge in [-0.25, -0.2) is 9.78 Å². The molecule has 1 aromatic heterocycles. The van der Waals surface area contributed by atoms with Crippen molar-refractivity contribution in [3.63, 3.8) is 0 Å². The fraction of sp³-hybridized carbons (Fsp3) is 0.421. The highest BCUT2D eigenvalue weighted by Crippen LogP contribution is 2.28. The van der Waals surface area contributed by atoms with E-state index in [-0.39, 0.29) is 24.7 Å². The topological polar surface area (TPSA) is 106 Å². The number of benzene rings is 1. The zero-order chi connectivity index (χ0) is 20.7. The van der Waals surface area contributed by atoms with Crippen LogP contribution in [0.2, 0.25) is 0 Å². The van der Waals surface area contributed by atoms with Crippen LogP contribution in [0, 0.1) is 0 Å². The number of esters is 1. The van der Waals surface area contributed by atoms with E-state index in [1.165, 1.54) is 4.57 Å². The number of fused-ring (bicyclic) bond motifs is 1. The molecular formula is C19H24IN3O5. The van der Waals surface area contributed by atoms with E-state index in [1.54, 1.807) is 29.8 Å². The number of halogens is 1. The Morgan fingerprint density at radius 2 is 2.00 bits per heavy atom. The first-order valence-electron chi connectivity index (χ1n) is 8.79. The summed E-state index contributed by atoms with van der Waals surface area (Å²) in [7, 11) is 0. The van der Waals surface area contributed by atoms with E-state index in [4.69, 9.17) is 14.2 Å². The van der Waals surface area contributed by atoms with Gasteiger partial charge in [-0.15, -0.1) is 0 Å². The molecule has 0 radical (unpaired) electrons. The summed E-state index contributed by atoms with van der Waals surface area (Å²) in [6.07, 6.45) is 0. The largest absolute Gasteiger partial charge is 0.481 e. The second-order valence-electron chi connectivity index (χ2n) is 6.42. The molecule has 0 saturated carbocycles. The van der Waals surface area contributed by atoms with Gasteiger partial charge in [0, 0.05) is 22.9 Å². The molecule has 1 aliphatic heterocycles. The Hall–Kier alpha value is -1.98. The normalized spacial score (nSPS) is 14.3. The Bertz CT molecular complexity index is 868. The van der Waals surface area contributed by atoms with Crippen LogP contribution in [0.3, 0.4) is 0 Å². The fourth-order valence-corrected chi connectivity index (χ4v) is 2.86. The fourth-order valence-electron chi connectivity index (χ4n) is 2.86. The molecule has 0 amide bonds. The van der Waals surface area contributed by atoms with Gasteiger partial charge in [0.25, 0.3) is 5.56 Å². The quantitative estimate of drug-likeness (QED) is 0.382. The molecule has 0 unspecified atom stereocenters. The van der Waals surface area contributed by atoms with Gasteiger partial charge in [-0.05, 0) is 26.3 Å². The molecule has 1 aromatic carbocycles. The predicted molar refractivity (Wildman–Crippen MR) is 112 cm³/mol. The molecule has 28 heavy (non-hydrogen) atoms. The lowest BCUT2D eigenvalue weighted by molar-refractivity contribution is -0.0568. The average Bonchev–Trinajstić information content (AvgIpc) is 2.70. The van der Waals surface area contributed by atoms with Gasteiger partial charge in [-0.2, -0.15) is 0 Å². The third kappa shape index (κ3) is 4.89. The van der Waals surface area contributed by atoms with Gasteiger partial charge in [-0.1, -0.05) is 30.3 Å². The SMILES string of the molecule is CCOC(=O)c1nc2n(c(=O)c1OCc1ccccc1)CCOC2(C)C.NI. The molecular weight excluding hydrogens is 477 g/mol. The van der Waals surface area contributed by atoms with Crippen LogP contribution in [-0.4, -0.2) is 28.7 Å². The summed E-state index contributed by atoms with van der Waals surface area (Å²) in [6.45, 7) is 6.39. The molecule has 152 valence electrons. The third-order valence-electron chi connectivity index (χ3n) is 4.14. The van der Waals surface area contributed by atoms with Gasteiger partial charge < -0.3 is 14.2 Å². The Morgan fingerprint density at radius 1 is 1.32 bits per heavy atom. The van der Waals surface area contributed by atoms with Crippen molar-refractivity contribution in [2.45, 2.75) is 39.5 Å².